The number of urea groups is 1. The number of fused-ring (bicyclic) bond motifs is 1. The minimum absolute atomic E-state index is 0.0282. The van der Waals surface area contributed by atoms with E-state index in [1.54, 1.807) is 0 Å². The lowest BCUT2D eigenvalue weighted by atomic mass is 10.1. The van der Waals surface area contributed by atoms with Crippen LogP contribution in [0, 0.1) is 0 Å². The molecule has 0 aliphatic heterocycles. The maximum absolute atomic E-state index is 13.0. The quantitative estimate of drug-likeness (QED) is 0.235. The van der Waals surface area contributed by atoms with Crippen LogP contribution in [-0.4, -0.2) is 41.5 Å². The molecule has 0 bridgehead atoms. The SMILES string of the molecule is O=C(CCc1ccccc1)Nc1ccc(Cl)c(C(=O)N[C@@H](CNC(=O)NC2CCc3ccccc32)C(=O)O)c1Cl. The van der Waals surface area contributed by atoms with Crippen LogP contribution in [0.15, 0.2) is 66.7 Å². The van der Waals surface area contributed by atoms with Gasteiger partial charge in [-0.1, -0.05) is 77.8 Å². The summed E-state index contributed by atoms with van der Waals surface area (Å²) in [5, 5.41) is 19.9. The molecule has 11 heteroatoms. The van der Waals surface area contributed by atoms with Gasteiger partial charge in [-0.3, -0.25) is 9.59 Å². The Morgan fingerprint density at radius 1 is 0.950 bits per heavy atom. The molecule has 3 aromatic carbocycles. The van der Waals surface area contributed by atoms with Gasteiger partial charge in [0.1, 0.15) is 6.04 Å². The molecular formula is C29H28Cl2N4O5. The third kappa shape index (κ3) is 7.31. The number of carboxylic acids is 1. The Kier molecular flexibility index (Phi) is 9.63. The van der Waals surface area contributed by atoms with Crippen LogP contribution in [-0.2, 0) is 22.4 Å². The molecule has 0 saturated heterocycles. The summed E-state index contributed by atoms with van der Waals surface area (Å²) in [6.07, 6.45) is 2.27. The molecule has 5 N–H and O–H groups in total. The number of carbonyl (C=O) groups is 4. The Labute approximate surface area is 241 Å². The zero-order valence-corrected chi connectivity index (χ0v) is 22.9. The number of nitrogens with one attached hydrogen (secondary N) is 4. The monoisotopic (exact) mass is 582 g/mol. The van der Waals surface area contributed by atoms with Crippen molar-refractivity contribution >= 4 is 52.7 Å². The predicted molar refractivity (Wildman–Crippen MR) is 153 cm³/mol. The van der Waals surface area contributed by atoms with Gasteiger partial charge in [0.2, 0.25) is 5.91 Å². The Morgan fingerprint density at radius 2 is 1.68 bits per heavy atom. The molecule has 0 radical (unpaired) electrons. The van der Waals surface area contributed by atoms with Crippen molar-refractivity contribution in [2.24, 2.45) is 0 Å². The summed E-state index contributed by atoms with van der Waals surface area (Å²) in [5.41, 5.74) is 3.15. The Bertz CT molecular complexity index is 1420. The van der Waals surface area contributed by atoms with Crippen LogP contribution < -0.4 is 21.3 Å². The van der Waals surface area contributed by atoms with Crippen molar-refractivity contribution in [1.29, 1.82) is 0 Å². The van der Waals surface area contributed by atoms with Gasteiger partial charge < -0.3 is 26.4 Å². The Hall–Kier alpha value is -4.08. The summed E-state index contributed by atoms with van der Waals surface area (Å²) in [7, 11) is 0. The van der Waals surface area contributed by atoms with E-state index in [-0.39, 0.29) is 46.2 Å². The largest absolute Gasteiger partial charge is 0.480 e. The van der Waals surface area contributed by atoms with Crippen molar-refractivity contribution in [2.45, 2.75) is 37.8 Å². The lowest BCUT2D eigenvalue weighted by molar-refractivity contribution is -0.139. The van der Waals surface area contributed by atoms with E-state index in [0.29, 0.717) is 6.42 Å². The number of carboxylic acid groups (broad SMARTS) is 1. The lowest BCUT2D eigenvalue weighted by Crippen LogP contribution is -2.50. The van der Waals surface area contributed by atoms with E-state index in [0.717, 1.165) is 29.5 Å². The number of anilines is 1. The molecule has 0 aromatic heterocycles. The molecule has 4 amide bonds. The first-order valence-corrected chi connectivity index (χ1v) is 13.5. The van der Waals surface area contributed by atoms with E-state index in [4.69, 9.17) is 23.2 Å². The summed E-state index contributed by atoms with van der Waals surface area (Å²) >= 11 is 12.6. The molecule has 0 heterocycles. The number of benzene rings is 3. The van der Waals surface area contributed by atoms with Crippen molar-refractivity contribution in [1.82, 2.24) is 16.0 Å². The van der Waals surface area contributed by atoms with Crippen LogP contribution in [0.2, 0.25) is 10.0 Å². The normalized spacial score (nSPS) is 14.5. The average molecular weight is 583 g/mol. The summed E-state index contributed by atoms with van der Waals surface area (Å²) in [5.74, 6) is -2.55. The van der Waals surface area contributed by atoms with Gasteiger partial charge in [0.25, 0.3) is 5.91 Å². The van der Waals surface area contributed by atoms with Crippen LogP contribution >= 0.6 is 23.2 Å². The van der Waals surface area contributed by atoms with Gasteiger partial charge in [0.05, 0.1) is 33.9 Å². The fourth-order valence-corrected chi connectivity index (χ4v) is 5.10. The van der Waals surface area contributed by atoms with E-state index in [1.165, 1.54) is 12.1 Å². The highest BCUT2D eigenvalue weighted by molar-refractivity contribution is 6.41. The second kappa shape index (κ2) is 13.3. The summed E-state index contributed by atoms with van der Waals surface area (Å²) in [6, 6.07) is 17.9. The molecule has 40 heavy (non-hydrogen) atoms. The van der Waals surface area contributed by atoms with Gasteiger partial charge in [-0.05, 0) is 48.1 Å². The van der Waals surface area contributed by atoms with Crippen molar-refractivity contribution in [3.8, 4) is 0 Å². The molecule has 1 aliphatic carbocycles. The Balaban J connectivity index is 1.35. The van der Waals surface area contributed by atoms with Gasteiger partial charge in [-0.15, -0.1) is 0 Å². The Morgan fingerprint density at radius 3 is 2.42 bits per heavy atom. The number of halogens is 2. The van der Waals surface area contributed by atoms with Crippen molar-refractivity contribution in [2.75, 3.05) is 11.9 Å². The van der Waals surface area contributed by atoms with E-state index >= 15 is 0 Å². The van der Waals surface area contributed by atoms with Crippen LogP contribution in [0.25, 0.3) is 0 Å². The molecule has 208 valence electrons. The van der Waals surface area contributed by atoms with E-state index in [9.17, 15) is 24.3 Å². The number of rotatable bonds is 10. The number of aliphatic carboxylic acids is 1. The standard InChI is InChI=1S/C29H28Cl2N4O5/c30-20-12-14-22(33-24(36)15-10-17-6-2-1-3-7-17)26(31)25(20)27(37)34-23(28(38)39)16-32-29(40)35-21-13-11-18-8-4-5-9-19(18)21/h1-9,12,14,21,23H,10-11,13,15-16H2,(H,33,36)(H,34,37)(H,38,39)(H2,32,35,40)/t21?,23-/m0/s1. The van der Waals surface area contributed by atoms with Crippen LogP contribution in [0.5, 0.6) is 0 Å². The number of carbonyl (C=O) groups excluding carboxylic acids is 3. The zero-order valence-electron chi connectivity index (χ0n) is 21.4. The summed E-state index contributed by atoms with van der Waals surface area (Å²) < 4.78 is 0. The number of amides is 4. The maximum Gasteiger partial charge on any atom is 0.328 e. The number of hydrogen-bond donors (Lipinski definition) is 5. The minimum atomic E-state index is -1.47. The number of aryl methyl sites for hydroxylation is 2. The van der Waals surface area contributed by atoms with Crippen LogP contribution in [0.3, 0.4) is 0 Å². The molecule has 4 rings (SSSR count). The highest BCUT2D eigenvalue weighted by Gasteiger charge is 2.27. The van der Waals surface area contributed by atoms with Crippen LogP contribution in [0.1, 0.15) is 45.9 Å². The molecule has 1 aliphatic rings. The lowest BCUT2D eigenvalue weighted by Gasteiger charge is -2.19. The third-order valence-corrected chi connectivity index (χ3v) is 7.29. The van der Waals surface area contributed by atoms with Gasteiger partial charge in [0, 0.05) is 6.42 Å². The van der Waals surface area contributed by atoms with Gasteiger partial charge >= 0.3 is 12.0 Å². The van der Waals surface area contributed by atoms with Crippen molar-refractivity contribution < 1.29 is 24.3 Å². The summed E-state index contributed by atoms with van der Waals surface area (Å²) in [4.78, 5) is 49.8. The summed E-state index contributed by atoms with van der Waals surface area (Å²) in [6.45, 7) is -0.383. The smallest absolute Gasteiger partial charge is 0.328 e. The van der Waals surface area contributed by atoms with E-state index < -0.39 is 23.9 Å². The molecule has 2 atom stereocenters. The van der Waals surface area contributed by atoms with Crippen molar-refractivity contribution in [3.63, 3.8) is 0 Å². The van der Waals surface area contributed by atoms with E-state index in [2.05, 4.69) is 21.3 Å². The molecule has 3 aromatic rings. The fourth-order valence-electron chi connectivity index (χ4n) is 4.51. The van der Waals surface area contributed by atoms with Crippen molar-refractivity contribution in [3.05, 3.63) is 99.0 Å². The highest BCUT2D eigenvalue weighted by Crippen LogP contribution is 2.32. The second-order valence-electron chi connectivity index (χ2n) is 9.33. The second-order valence-corrected chi connectivity index (χ2v) is 10.1. The first kappa shape index (κ1) is 28.9. The topological polar surface area (TPSA) is 137 Å². The van der Waals surface area contributed by atoms with Gasteiger partial charge in [-0.25, -0.2) is 9.59 Å². The van der Waals surface area contributed by atoms with Gasteiger partial charge in [0.15, 0.2) is 0 Å². The zero-order chi connectivity index (χ0) is 28.6. The molecule has 0 saturated carbocycles. The predicted octanol–water partition coefficient (Wildman–Crippen LogP) is 4.73. The molecular weight excluding hydrogens is 555 g/mol. The third-order valence-electron chi connectivity index (χ3n) is 6.58. The maximum atomic E-state index is 13.0. The minimum Gasteiger partial charge on any atom is -0.480 e. The number of hydrogen-bond acceptors (Lipinski definition) is 4. The first-order chi connectivity index (χ1) is 19.2. The first-order valence-electron chi connectivity index (χ1n) is 12.7. The highest BCUT2D eigenvalue weighted by atomic mass is 35.5. The molecule has 9 nitrogen and oxygen atoms in total. The molecule has 0 fully saturated rings. The fraction of sp³-hybridized carbons (Fsp3) is 0.241. The average Bonchev–Trinajstić information content (AvgIpc) is 3.34. The van der Waals surface area contributed by atoms with Gasteiger partial charge in [-0.2, -0.15) is 0 Å². The van der Waals surface area contributed by atoms with Crippen LogP contribution in [0.4, 0.5) is 10.5 Å². The molecule has 1 unspecified atom stereocenters. The molecule has 0 spiro atoms. The van der Waals surface area contributed by atoms with E-state index in [1.807, 2.05) is 54.6 Å².